The van der Waals surface area contributed by atoms with Crippen LogP contribution < -0.4 is 10.6 Å². The standard InChI is InChI=1S/C18H23ClN4O2S/c1-4-7-14(24)20-15(11(3)5-2)16(25)21-18-23-22-17(26-18)12-8-6-9-13(19)10-12/h6,8-11,15H,4-5,7H2,1-3H3,(H,20,24)(H,21,23,25)/t11-,15+/m1/s1. The minimum atomic E-state index is -0.599. The second-order valence-corrected chi connectivity index (χ2v) is 7.51. The average molecular weight is 395 g/mol. The number of carbonyl (C=O) groups excluding carboxylic acids is 2. The molecule has 0 bridgehead atoms. The summed E-state index contributed by atoms with van der Waals surface area (Å²) in [6.07, 6.45) is 1.91. The van der Waals surface area contributed by atoms with Gasteiger partial charge in [-0.15, -0.1) is 10.2 Å². The molecule has 2 amide bonds. The molecule has 140 valence electrons. The zero-order chi connectivity index (χ0) is 19.1. The van der Waals surface area contributed by atoms with Crippen LogP contribution >= 0.6 is 22.9 Å². The maximum atomic E-state index is 12.6. The number of benzene rings is 1. The molecular weight excluding hydrogens is 372 g/mol. The van der Waals surface area contributed by atoms with Crippen molar-refractivity contribution in [2.75, 3.05) is 5.32 Å². The van der Waals surface area contributed by atoms with Crippen molar-refractivity contribution in [1.82, 2.24) is 15.5 Å². The average Bonchev–Trinajstić information content (AvgIpc) is 3.07. The fraction of sp³-hybridized carbons (Fsp3) is 0.444. The van der Waals surface area contributed by atoms with E-state index < -0.39 is 6.04 Å². The first-order chi connectivity index (χ1) is 12.4. The molecule has 0 fully saturated rings. The van der Waals surface area contributed by atoms with Gasteiger partial charge < -0.3 is 5.32 Å². The minimum absolute atomic E-state index is 0.0103. The number of anilines is 1. The molecule has 2 N–H and O–H groups in total. The summed E-state index contributed by atoms with van der Waals surface area (Å²) in [5.41, 5.74) is 0.838. The van der Waals surface area contributed by atoms with Crippen molar-refractivity contribution in [2.45, 2.75) is 46.1 Å². The lowest BCUT2D eigenvalue weighted by Gasteiger charge is -2.22. The summed E-state index contributed by atoms with van der Waals surface area (Å²) in [6, 6.07) is 6.69. The molecule has 1 heterocycles. The van der Waals surface area contributed by atoms with Gasteiger partial charge >= 0.3 is 0 Å². The van der Waals surface area contributed by atoms with E-state index in [4.69, 9.17) is 11.6 Å². The SMILES string of the molecule is CCCC(=O)N[C@H](C(=O)Nc1nnc(-c2cccc(Cl)c2)s1)[C@H](C)CC. The number of amides is 2. The highest BCUT2D eigenvalue weighted by atomic mass is 35.5. The quantitative estimate of drug-likeness (QED) is 0.705. The molecule has 26 heavy (non-hydrogen) atoms. The lowest BCUT2D eigenvalue weighted by Crippen LogP contribution is -2.47. The van der Waals surface area contributed by atoms with Gasteiger partial charge in [-0.25, -0.2) is 0 Å². The van der Waals surface area contributed by atoms with Gasteiger partial charge in [0.15, 0.2) is 0 Å². The molecule has 0 saturated carbocycles. The molecule has 2 aromatic rings. The largest absolute Gasteiger partial charge is 0.344 e. The van der Waals surface area contributed by atoms with Gasteiger partial charge in [-0.2, -0.15) is 0 Å². The van der Waals surface area contributed by atoms with Gasteiger partial charge in [-0.3, -0.25) is 14.9 Å². The fourth-order valence-corrected chi connectivity index (χ4v) is 3.30. The maximum absolute atomic E-state index is 12.6. The van der Waals surface area contributed by atoms with Crippen LogP contribution in [-0.2, 0) is 9.59 Å². The summed E-state index contributed by atoms with van der Waals surface area (Å²) in [7, 11) is 0. The van der Waals surface area contributed by atoms with Crippen LogP contribution in [0.25, 0.3) is 10.6 Å². The van der Waals surface area contributed by atoms with Crippen LogP contribution in [0.15, 0.2) is 24.3 Å². The highest BCUT2D eigenvalue weighted by Crippen LogP contribution is 2.28. The molecule has 2 rings (SSSR count). The van der Waals surface area contributed by atoms with E-state index in [1.54, 1.807) is 12.1 Å². The number of rotatable bonds is 8. The fourth-order valence-electron chi connectivity index (χ4n) is 2.37. The van der Waals surface area contributed by atoms with Crippen molar-refractivity contribution in [2.24, 2.45) is 5.92 Å². The van der Waals surface area contributed by atoms with Crippen molar-refractivity contribution in [3.8, 4) is 10.6 Å². The van der Waals surface area contributed by atoms with Crippen LogP contribution in [-0.4, -0.2) is 28.1 Å². The van der Waals surface area contributed by atoms with Gasteiger partial charge in [0.25, 0.3) is 0 Å². The van der Waals surface area contributed by atoms with E-state index in [2.05, 4.69) is 20.8 Å². The summed E-state index contributed by atoms with van der Waals surface area (Å²) in [6.45, 7) is 5.85. The second-order valence-electron chi connectivity index (χ2n) is 6.09. The first kappa shape index (κ1) is 20.3. The first-order valence-corrected chi connectivity index (χ1v) is 9.83. The Hall–Kier alpha value is -1.99. The van der Waals surface area contributed by atoms with Crippen LogP contribution in [0.2, 0.25) is 5.02 Å². The van der Waals surface area contributed by atoms with E-state index in [1.165, 1.54) is 11.3 Å². The lowest BCUT2D eigenvalue weighted by molar-refractivity contribution is -0.127. The predicted molar refractivity (Wildman–Crippen MR) is 105 cm³/mol. The Bertz CT molecular complexity index is 765. The van der Waals surface area contributed by atoms with E-state index in [9.17, 15) is 9.59 Å². The van der Waals surface area contributed by atoms with Gasteiger partial charge in [-0.05, 0) is 24.5 Å². The highest BCUT2D eigenvalue weighted by molar-refractivity contribution is 7.18. The molecule has 1 aromatic heterocycles. The molecule has 0 radical (unpaired) electrons. The number of halogens is 1. The number of carbonyl (C=O) groups is 2. The highest BCUT2D eigenvalue weighted by Gasteiger charge is 2.26. The van der Waals surface area contributed by atoms with Crippen molar-refractivity contribution in [1.29, 1.82) is 0 Å². The molecule has 0 spiro atoms. The van der Waals surface area contributed by atoms with Gasteiger partial charge in [0.05, 0.1) is 0 Å². The number of hydrogen-bond acceptors (Lipinski definition) is 5. The molecular formula is C18H23ClN4O2S. The van der Waals surface area contributed by atoms with Gasteiger partial charge in [0.1, 0.15) is 11.0 Å². The molecule has 0 aliphatic heterocycles. The van der Waals surface area contributed by atoms with Crippen LogP contribution in [0.5, 0.6) is 0 Å². The Kier molecular flexibility index (Phi) is 7.53. The number of nitrogens with one attached hydrogen (secondary N) is 2. The van der Waals surface area contributed by atoms with Crippen LogP contribution in [0, 0.1) is 5.92 Å². The Morgan fingerprint density at radius 3 is 2.69 bits per heavy atom. The second kappa shape index (κ2) is 9.64. The van der Waals surface area contributed by atoms with E-state index in [1.807, 2.05) is 32.9 Å². The number of hydrogen-bond donors (Lipinski definition) is 2. The van der Waals surface area contributed by atoms with E-state index in [-0.39, 0.29) is 17.7 Å². The zero-order valence-electron chi connectivity index (χ0n) is 15.1. The van der Waals surface area contributed by atoms with Crippen molar-refractivity contribution < 1.29 is 9.59 Å². The summed E-state index contributed by atoms with van der Waals surface area (Å²) in [4.78, 5) is 24.6. The summed E-state index contributed by atoms with van der Waals surface area (Å²) < 4.78 is 0. The monoisotopic (exact) mass is 394 g/mol. The molecule has 0 saturated heterocycles. The smallest absolute Gasteiger partial charge is 0.249 e. The third kappa shape index (κ3) is 5.51. The molecule has 0 aliphatic rings. The lowest BCUT2D eigenvalue weighted by atomic mass is 9.98. The van der Waals surface area contributed by atoms with Crippen LogP contribution in [0.1, 0.15) is 40.0 Å². The molecule has 6 nitrogen and oxygen atoms in total. The Labute approximate surface area is 162 Å². The third-order valence-corrected chi connectivity index (χ3v) is 5.14. The van der Waals surface area contributed by atoms with E-state index in [0.29, 0.717) is 21.6 Å². The van der Waals surface area contributed by atoms with Crippen molar-refractivity contribution in [3.63, 3.8) is 0 Å². The topological polar surface area (TPSA) is 84.0 Å². The van der Waals surface area contributed by atoms with Gasteiger partial charge in [0.2, 0.25) is 16.9 Å². The molecule has 0 unspecified atom stereocenters. The van der Waals surface area contributed by atoms with Crippen LogP contribution in [0.3, 0.4) is 0 Å². The maximum Gasteiger partial charge on any atom is 0.249 e. The molecule has 2 atom stereocenters. The molecule has 0 aliphatic carbocycles. The number of aromatic nitrogens is 2. The summed E-state index contributed by atoms with van der Waals surface area (Å²) >= 11 is 7.26. The zero-order valence-corrected chi connectivity index (χ0v) is 16.7. The van der Waals surface area contributed by atoms with Crippen LogP contribution in [0.4, 0.5) is 5.13 Å². The van der Waals surface area contributed by atoms with Gasteiger partial charge in [0, 0.05) is 17.0 Å². The summed E-state index contributed by atoms with van der Waals surface area (Å²) in [5.74, 6) is -0.390. The Morgan fingerprint density at radius 2 is 2.04 bits per heavy atom. The normalized spacial score (nSPS) is 13.1. The Morgan fingerprint density at radius 1 is 1.27 bits per heavy atom. The van der Waals surface area contributed by atoms with E-state index >= 15 is 0 Å². The van der Waals surface area contributed by atoms with Crippen molar-refractivity contribution in [3.05, 3.63) is 29.3 Å². The predicted octanol–water partition coefficient (Wildman–Crippen LogP) is 4.13. The van der Waals surface area contributed by atoms with Gasteiger partial charge in [-0.1, -0.05) is 62.3 Å². The molecule has 1 aromatic carbocycles. The summed E-state index contributed by atoms with van der Waals surface area (Å²) in [5, 5.41) is 15.4. The Balaban J connectivity index is 2.10. The van der Waals surface area contributed by atoms with E-state index in [0.717, 1.165) is 18.4 Å². The van der Waals surface area contributed by atoms with Crippen molar-refractivity contribution >= 4 is 39.9 Å². The minimum Gasteiger partial charge on any atom is -0.344 e. The first-order valence-electron chi connectivity index (χ1n) is 8.64. The number of nitrogens with zero attached hydrogens (tertiary/aromatic N) is 2. The molecule has 8 heteroatoms. The third-order valence-electron chi connectivity index (χ3n) is 4.02.